The first-order valence-electron chi connectivity index (χ1n) is 7.78. The monoisotopic (exact) mass is 374 g/mol. The largest absolute Gasteiger partial charge is 0.298 e. The van der Waals surface area contributed by atoms with Gasteiger partial charge in [-0.3, -0.25) is 4.79 Å². The van der Waals surface area contributed by atoms with Crippen LogP contribution in [-0.2, 0) is 0 Å². The zero-order valence-corrected chi connectivity index (χ0v) is 15.1. The predicted octanol–water partition coefficient (Wildman–Crippen LogP) is 5.61. The van der Waals surface area contributed by atoms with Crippen molar-refractivity contribution in [1.82, 2.24) is 0 Å². The summed E-state index contributed by atoms with van der Waals surface area (Å²) in [7, 11) is 0. The Balaban J connectivity index is 1.91. The third-order valence-electron chi connectivity index (χ3n) is 3.48. The number of hydrogen-bond acceptors (Lipinski definition) is 1. The molecule has 0 saturated heterocycles. The minimum Gasteiger partial charge on any atom is -0.298 e. The van der Waals surface area contributed by atoms with E-state index in [4.69, 9.17) is 23.2 Å². The molecule has 0 heterocycles. The van der Waals surface area contributed by atoms with Gasteiger partial charge >= 0.3 is 0 Å². The third-order valence-corrected chi connectivity index (χ3v) is 3.99. The second-order valence-electron chi connectivity index (χ2n) is 5.48. The zero-order chi connectivity index (χ0) is 18.4. The molecule has 3 heteroatoms. The molecule has 0 N–H and O–H groups in total. The average molecular weight is 375 g/mol. The van der Waals surface area contributed by atoms with Gasteiger partial charge in [0, 0.05) is 37.9 Å². The maximum Gasteiger partial charge on any atom is 0.150 e. The van der Waals surface area contributed by atoms with Crippen molar-refractivity contribution >= 4 is 29.5 Å². The second kappa shape index (κ2) is 8.41. The van der Waals surface area contributed by atoms with Gasteiger partial charge in [-0.05, 0) is 66.7 Å². The quantitative estimate of drug-likeness (QED) is 0.399. The van der Waals surface area contributed by atoms with Crippen LogP contribution in [0.1, 0.15) is 32.6 Å². The summed E-state index contributed by atoms with van der Waals surface area (Å²) in [6, 6.07) is 19.9. The summed E-state index contributed by atoms with van der Waals surface area (Å²) >= 11 is 11.7. The van der Waals surface area contributed by atoms with Crippen molar-refractivity contribution in [2.75, 3.05) is 0 Å². The lowest BCUT2D eigenvalue weighted by Gasteiger charge is -1.97. The SMILES string of the molecule is O=Cc1cc(C#Cc2ccc(Cl)cc2)cc(C#Cc2ccc(Cl)cc2)c1. The summed E-state index contributed by atoms with van der Waals surface area (Å²) in [6.45, 7) is 0. The van der Waals surface area contributed by atoms with Crippen molar-refractivity contribution in [2.24, 2.45) is 0 Å². The summed E-state index contributed by atoms with van der Waals surface area (Å²) < 4.78 is 0. The van der Waals surface area contributed by atoms with Crippen LogP contribution in [0.25, 0.3) is 0 Å². The summed E-state index contributed by atoms with van der Waals surface area (Å²) in [5.41, 5.74) is 3.68. The minimum atomic E-state index is 0.535. The van der Waals surface area contributed by atoms with E-state index in [2.05, 4.69) is 23.7 Å². The van der Waals surface area contributed by atoms with Crippen LogP contribution in [0.2, 0.25) is 10.0 Å². The fourth-order valence-corrected chi connectivity index (χ4v) is 2.47. The molecule has 0 amide bonds. The molecule has 0 aliphatic carbocycles. The number of rotatable bonds is 1. The molecule has 26 heavy (non-hydrogen) atoms. The zero-order valence-electron chi connectivity index (χ0n) is 13.6. The molecule has 0 saturated carbocycles. The highest BCUT2D eigenvalue weighted by atomic mass is 35.5. The van der Waals surface area contributed by atoms with Crippen molar-refractivity contribution < 1.29 is 4.79 Å². The lowest BCUT2D eigenvalue weighted by atomic mass is 10.1. The number of benzene rings is 3. The van der Waals surface area contributed by atoms with Crippen molar-refractivity contribution in [1.29, 1.82) is 0 Å². The van der Waals surface area contributed by atoms with Crippen LogP contribution in [0.4, 0.5) is 0 Å². The van der Waals surface area contributed by atoms with Crippen molar-refractivity contribution in [2.45, 2.75) is 0 Å². The Morgan fingerprint density at radius 3 is 1.35 bits per heavy atom. The van der Waals surface area contributed by atoms with Gasteiger partial charge in [-0.2, -0.15) is 0 Å². The molecule has 3 rings (SSSR count). The van der Waals surface area contributed by atoms with Crippen LogP contribution in [-0.4, -0.2) is 6.29 Å². The molecule has 0 atom stereocenters. The highest BCUT2D eigenvalue weighted by Gasteiger charge is 1.98. The van der Waals surface area contributed by atoms with Gasteiger partial charge in [-0.1, -0.05) is 46.9 Å². The van der Waals surface area contributed by atoms with E-state index < -0.39 is 0 Å². The summed E-state index contributed by atoms with van der Waals surface area (Å²) in [6.07, 6.45) is 0.793. The number of aldehydes is 1. The molecule has 0 fully saturated rings. The normalized spacial score (nSPS) is 9.46. The fourth-order valence-electron chi connectivity index (χ4n) is 2.22. The van der Waals surface area contributed by atoms with Gasteiger partial charge in [0.1, 0.15) is 6.29 Å². The van der Waals surface area contributed by atoms with Crippen molar-refractivity contribution in [3.63, 3.8) is 0 Å². The van der Waals surface area contributed by atoms with E-state index in [-0.39, 0.29) is 0 Å². The Labute approximate surface area is 162 Å². The summed E-state index contributed by atoms with van der Waals surface area (Å²) in [4.78, 5) is 11.2. The van der Waals surface area contributed by atoms with E-state index in [0.29, 0.717) is 15.6 Å². The molecule has 0 radical (unpaired) electrons. The van der Waals surface area contributed by atoms with Crippen LogP contribution in [0.15, 0.2) is 66.7 Å². The molecule has 1 nitrogen and oxygen atoms in total. The Morgan fingerprint density at radius 1 is 0.577 bits per heavy atom. The van der Waals surface area contributed by atoms with Gasteiger partial charge in [0.2, 0.25) is 0 Å². The predicted molar refractivity (Wildman–Crippen MR) is 107 cm³/mol. The molecule has 0 unspecified atom stereocenters. The Bertz CT molecular complexity index is 976. The standard InChI is InChI=1S/C23H12Cl2O/c24-22-9-5-17(6-10-22)1-3-19-13-20(15-21(14-19)16-26)4-2-18-7-11-23(25)12-8-18/h5-16H. The van der Waals surface area contributed by atoms with Gasteiger partial charge in [-0.15, -0.1) is 0 Å². The molecular formula is C23H12Cl2O. The van der Waals surface area contributed by atoms with Crippen LogP contribution in [0.5, 0.6) is 0 Å². The molecule has 3 aromatic carbocycles. The second-order valence-corrected chi connectivity index (χ2v) is 6.35. The molecule has 0 aliphatic rings. The first kappa shape index (κ1) is 17.8. The van der Waals surface area contributed by atoms with Crippen LogP contribution in [0.3, 0.4) is 0 Å². The van der Waals surface area contributed by atoms with Gasteiger partial charge in [-0.25, -0.2) is 0 Å². The van der Waals surface area contributed by atoms with Gasteiger partial charge in [0.25, 0.3) is 0 Å². The molecule has 0 aliphatic heterocycles. The van der Waals surface area contributed by atoms with Gasteiger partial charge in [0.15, 0.2) is 0 Å². The highest BCUT2D eigenvalue weighted by Crippen LogP contribution is 2.12. The fraction of sp³-hybridized carbons (Fsp3) is 0. The summed E-state index contributed by atoms with van der Waals surface area (Å²) in [5, 5.41) is 1.33. The first-order valence-corrected chi connectivity index (χ1v) is 8.53. The van der Waals surface area contributed by atoms with Crippen LogP contribution >= 0.6 is 23.2 Å². The van der Waals surface area contributed by atoms with E-state index in [1.165, 1.54) is 0 Å². The number of carbonyl (C=O) groups excluding carboxylic acids is 1. The molecule has 124 valence electrons. The molecule has 3 aromatic rings. The first-order chi connectivity index (χ1) is 12.6. The van der Waals surface area contributed by atoms with Crippen molar-refractivity contribution in [3.8, 4) is 23.7 Å². The smallest absolute Gasteiger partial charge is 0.150 e. The summed E-state index contributed by atoms with van der Waals surface area (Å²) in [5.74, 6) is 12.2. The Hall–Kier alpha value is -2.97. The van der Waals surface area contributed by atoms with Gasteiger partial charge in [0.05, 0.1) is 0 Å². The Morgan fingerprint density at radius 2 is 0.962 bits per heavy atom. The lowest BCUT2D eigenvalue weighted by molar-refractivity contribution is 0.112. The molecular weight excluding hydrogens is 363 g/mol. The van der Waals surface area contributed by atoms with E-state index in [9.17, 15) is 4.79 Å². The van der Waals surface area contributed by atoms with Crippen LogP contribution in [0, 0.1) is 23.7 Å². The third kappa shape index (κ3) is 5.01. The lowest BCUT2D eigenvalue weighted by Crippen LogP contribution is -1.87. The average Bonchev–Trinajstić information content (AvgIpc) is 2.67. The van der Waals surface area contributed by atoms with Crippen molar-refractivity contribution in [3.05, 3.63) is 105 Å². The molecule has 0 spiro atoms. The maximum atomic E-state index is 11.2. The van der Waals surface area contributed by atoms with E-state index in [0.717, 1.165) is 28.5 Å². The number of carbonyl (C=O) groups is 1. The topological polar surface area (TPSA) is 17.1 Å². The van der Waals surface area contributed by atoms with Crippen LogP contribution < -0.4 is 0 Å². The molecule has 0 bridgehead atoms. The minimum absolute atomic E-state index is 0.535. The van der Waals surface area contributed by atoms with E-state index in [1.54, 1.807) is 36.4 Å². The number of halogens is 2. The Kier molecular flexibility index (Phi) is 5.77. The highest BCUT2D eigenvalue weighted by molar-refractivity contribution is 6.30. The van der Waals surface area contributed by atoms with E-state index in [1.807, 2.05) is 30.3 Å². The van der Waals surface area contributed by atoms with Gasteiger partial charge < -0.3 is 0 Å². The van der Waals surface area contributed by atoms with E-state index >= 15 is 0 Å². The number of hydrogen-bond donors (Lipinski definition) is 0. The maximum absolute atomic E-state index is 11.2. The molecule has 0 aromatic heterocycles.